The van der Waals surface area contributed by atoms with Crippen LogP contribution in [0.15, 0.2) is 70.4 Å². The van der Waals surface area contributed by atoms with E-state index in [1.165, 1.54) is 10.5 Å². The zero-order valence-electron chi connectivity index (χ0n) is 17.0. The molecule has 1 amide bonds. The quantitative estimate of drug-likeness (QED) is 0.329. The maximum atomic E-state index is 13.2. The van der Waals surface area contributed by atoms with Crippen molar-refractivity contribution in [2.24, 2.45) is 0 Å². The molecule has 0 saturated heterocycles. The van der Waals surface area contributed by atoms with Crippen molar-refractivity contribution in [1.29, 1.82) is 0 Å². The van der Waals surface area contributed by atoms with E-state index in [2.05, 4.69) is 20.4 Å². The molecule has 5 heterocycles. The van der Waals surface area contributed by atoms with Crippen LogP contribution < -0.4 is 21.2 Å². The maximum absolute atomic E-state index is 13.2. The molecule has 0 atom stereocenters. The molecule has 0 radical (unpaired) electrons. The molecule has 10 nitrogen and oxygen atoms in total. The first-order valence-electron chi connectivity index (χ1n) is 9.78. The van der Waals surface area contributed by atoms with Crippen LogP contribution in [-0.4, -0.2) is 25.4 Å². The Balaban J connectivity index is 1.74. The molecule has 5 aromatic heterocycles. The number of rotatable bonds is 4. The highest BCUT2D eigenvalue weighted by Crippen LogP contribution is 2.17. The maximum Gasteiger partial charge on any atom is 0.278 e. The van der Waals surface area contributed by atoms with Crippen LogP contribution in [0, 0.1) is 6.92 Å². The average molecular weight is 428 g/mol. The van der Waals surface area contributed by atoms with Crippen LogP contribution in [0.3, 0.4) is 0 Å². The van der Waals surface area contributed by atoms with Gasteiger partial charge in [0.15, 0.2) is 5.82 Å². The molecule has 0 spiro atoms. The number of carbonyl (C=O) groups is 1. The third-order valence-electron chi connectivity index (χ3n) is 5.04. The van der Waals surface area contributed by atoms with Gasteiger partial charge in [-0.25, -0.2) is 4.57 Å². The van der Waals surface area contributed by atoms with Gasteiger partial charge in [-0.15, -0.1) is 0 Å². The van der Waals surface area contributed by atoms with Crippen LogP contribution in [0.2, 0.25) is 0 Å². The monoisotopic (exact) mass is 428 g/mol. The van der Waals surface area contributed by atoms with Crippen LogP contribution in [0.25, 0.3) is 16.7 Å². The van der Waals surface area contributed by atoms with E-state index in [0.717, 1.165) is 5.56 Å². The van der Waals surface area contributed by atoms with Gasteiger partial charge in [0.2, 0.25) is 11.5 Å². The fourth-order valence-corrected chi connectivity index (χ4v) is 3.53. The Morgan fingerprint density at radius 3 is 2.88 bits per heavy atom. The van der Waals surface area contributed by atoms with Gasteiger partial charge in [-0.1, -0.05) is 22.3 Å². The number of fused-ring (bicyclic) bond motifs is 2. The first-order valence-corrected chi connectivity index (χ1v) is 9.78. The lowest BCUT2D eigenvalue weighted by Crippen LogP contribution is -2.42. The molecular weight excluding hydrogens is 410 g/mol. The fraction of sp³-hybridized carbons (Fsp3) is 0.0909. The van der Waals surface area contributed by atoms with Gasteiger partial charge in [0.05, 0.1) is 6.54 Å². The molecule has 0 unspecified atom stereocenters. The molecule has 0 saturated carbocycles. The smallest absolute Gasteiger partial charge is 0.278 e. The molecule has 0 fully saturated rings. The Labute approximate surface area is 180 Å². The third-order valence-corrected chi connectivity index (χ3v) is 5.04. The average Bonchev–Trinajstić information content (AvgIpc) is 3.21. The predicted molar refractivity (Wildman–Crippen MR) is 116 cm³/mol. The molecule has 0 aliphatic carbocycles. The van der Waals surface area contributed by atoms with Crippen molar-refractivity contribution in [2.75, 3.05) is 11.1 Å². The van der Waals surface area contributed by atoms with Crippen molar-refractivity contribution < 1.29 is 13.9 Å². The zero-order chi connectivity index (χ0) is 22.2. The van der Waals surface area contributed by atoms with Gasteiger partial charge in [0.1, 0.15) is 16.7 Å². The molecule has 158 valence electrons. The van der Waals surface area contributed by atoms with Crippen molar-refractivity contribution in [1.82, 2.24) is 19.5 Å². The summed E-state index contributed by atoms with van der Waals surface area (Å²) in [5, 5.41) is 6.69. The second-order valence-electron chi connectivity index (χ2n) is 7.25. The van der Waals surface area contributed by atoms with Crippen LogP contribution in [0.1, 0.15) is 21.7 Å². The summed E-state index contributed by atoms with van der Waals surface area (Å²) < 4.78 is 8.07. The zero-order valence-corrected chi connectivity index (χ0v) is 17.0. The Hall–Kier alpha value is -4.60. The molecule has 5 rings (SSSR count). The van der Waals surface area contributed by atoms with Gasteiger partial charge in [-0.05, 0) is 31.2 Å². The van der Waals surface area contributed by atoms with E-state index in [1.807, 2.05) is 6.07 Å². The van der Waals surface area contributed by atoms with Gasteiger partial charge < -0.3 is 15.6 Å². The number of hydrogen-bond acceptors (Lipinski definition) is 7. The number of pyridine rings is 3. The topological polar surface area (TPSA) is 132 Å². The molecule has 32 heavy (non-hydrogen) atoms. The number of anilines is 2. The number of hydrogen-bond donors (Lipinski definition) is 2. The number of nitrogens with one attached hydrogen (secondary N) is 1. The Kier molecular flexibility index (Phi) is 4.59. The van der Waals surface area contributed by atoms with E-state index >= 15 is 0 Å². The van der Waals surface area contributed by atoms with Gasteiger partial charge in [-0.2, -0.15) is 0 Å². The molecule has 3 N–H and O–H groups in total. The standard InChI is InChI=1S/C22H17N7O3/c1-13-9-17(27-32-13)25-21(30)15-10-16-20(26-18-6-2-3-8-28(18)22(16)31)29(19(15)23)12-14-5-4-7-24-11-14/h2-11,23H,12H2,1H3,(H,25,27,30)/p+1. The molecule has 0 aliphatic heterocycles. The predicted octanol–water partition coefficient (Wildman–Crippen LogP) is 1.71. The molecule has 5 aromatic rings. The first kappa shape index (κ1) is 19.4. The van der Waals surface area contributed by atoms with Crippen molar-refractivity contribution in [3.63, 3.8) is 0 Å². The number of nitrogen functional groups attached to an aromatic ring is 1. The van der Waals surface area contributed by atoms with Crippen LogP contribution in [-0.2, 0) is 6.54 Å². The SMILES string of the molecule is Cc1cc(NC(=O)c2cc3c(=O)n4ccccc4nc3[n+](Cc3cccnc3)c2N)no1. The lowest BCUT2D eigenvalue weighted by atomic mass is 10.1. The summed E-state index contributed by atoms with van der Waals surface area (Å²) in [7, 11) is 0. The van der Waals surface area contributed by atoms with Crippen molar-refractivity contribution in [3.05, 3.63) is 88.3 Å². The van der Waals surface area contributed by atoms with Crippen molar-refractivity contribution in [3.8, 4) is 0 Å². The summed E-state index contributed by atoms with van der Waals surface area (Å²) in [6, 6.07) is 12.0. The first-order chi connectivity index (χ1) is 15.5. The van der Waals surface area contributed by atoms with E-state index in [1.54, 1.807) is 60.4 Å². The van der Waals surface area contributed by atoms with Gasteiger partial charge in [-0.3, -0.25) is 19.0 Å². The summed E-state index contributed by atoms with van der Waals surface area (Å²) in [5.74, 6) is 0.438. The van der Waals surface area contributed by atoms with Crippen LogP contribution in [0.5, 0.6) is 0 Å². The Morgan fingerprint density at radius 1 is 1.25 bits per heavy atom. The highest BCUT2D eigenvalue weighted by atomic mass is 16.5. The number of nitrogens with two attached hydrogens (primary N) is 1. The number of aromatic nitrogens is 5. The van der Waals surface area contributed by atoms with E-state index in [0.29, 0.717) is 17.1 Å². The molecule has 0 bridgehead atoms. The number of amides is 1. The minimum atomic E-state index is -0.518. The number of aryl methyl sites for hydroxylation is 1. The lowest BCUT2D eigenvalue weighted by molar-refractivity contribution is -0.649. The van der Waals surface area contributed by atoms with E-state index in [-0.39, 0.29) is 34.7 Å². The lowest BCUT2D eigenvalue weighted by Gasteiger charge is -2.12. The summed E-state index contributed by atoms with van der Waals surface area (Å²) in [5.41, 5.74) is 7.94. The fourth-order valence-electron chi connectivity index (χ4n) is 3.53. The van der Waals surface area contributed by atoms with Crippen molar-refractivity contribution >= 4 is 34.2 Å². The molecular formula is C22H18N7O3+. The van der Waals surface area contributed by atoms with E-state index in [4.69, 9.17) is 10.3 Å². The highest BCUT2D eigenvalue weighted by molar-refractivity contribution is 6.07. The Morgan fingerprint density at radius 2 is 2.12 bits per heavy atom. The number of carbonyl (C=O) groups excluding carboxylic acids is 1. The Bertz CT molecular complexity index is 1540. The molecule has 0 aliphatic rings. The minimum absolute atomic E-state index is 0.122. The summed E-state index contributed by atoms with van der Waals surface area (Å²) >= 11 is 0. The minimum Gasteiger partial charge on any atom is -0.360 e. The third kappa shape index (κ3) is 3.33. The largest absolute Gasteiger partial charge is 0.360 e. The van der Waals surface area contributed by atoms with E-state index < -0.39 is 5.91 Å². The molecule has 0 aromatic carbocycles. The highest BCUT2D eigenvalue weighted by Gasteiger charge is 2.25. The van der Waals surface area contributed by atoms with Gasteiger partial charge >= 0.3 is 0 Å². The van der Waals surface area contributed by atoms with Crippen molar-refractivity contribution in [2.45, 2.75) is 13.5 Å². The second kappa shape index (κ2) is 7.58. The van der Waals surface area contributed by atoms with Crippen LogP contribution >= 0.6 is 0 Å². The van der Waals surface area contributed by atoms with Gasteiger partial charge in [0.25, 0.3) is 17.1 Å². The van der Waals surface area contributed by atoms with Crippen LogP contribution in [0.4, 0.5) is 11.6 Å². The van der Waals surface area contributed by atoms with Gasteiger partial charge in [0, 0.05) is 30.2 Å². The summed E-state index contributed by atoms with van der Waals surface area (Å²) in [6.45, 7) is 1.99. The summed E-state index contributed by atoms with van der Waals surface area (Å²) in [6.07, 6.45) is 4.98. The number of nitrogens with zero attached hydrogens (tertiary/aromatic N) is 5. The summed E-state index contributed by atoms with van der Waals surface area (Å²) in [4.78, 5) is 35.1. The molecule has 10 heteroatoms. The second-order valence-corrected chi connectivity index (χ2v) is 7.25. The normalized spacial score (nSPS) is 11.2. The van der Waals surface area contributed by atoms with E-state index in [9.17, 15) is 9.59 Å².